The van der Waals surface area contributed by atoms with E-state index in [0.717, 1.165) is 10.4 Å². The molecule has 1 saturated heterocycles. The molecule has 3 aromatic rings. The number of nitrogens with one attached hydrogen (secondary N) is 1. The van der Waals surface area contributed by atoms with E-state index in [1.165, 1.54) is 10.8 Å². The van der Waals surface area contributed by atoms with Gasteiger partial charge in [0.25, 0.3) is 13.9 Å². The Kier molecular flexibility index (Phi) is 9.05. The summed E-state index contributed by atoms with van der Waals surface area (Å²) >= 11 is 0. The summed E-state index contributed by atoms with van der Waals surface area (Å²) in [5, 5.41) is 12.3. The van der Waals surface area contributed by atoms with E-state index < -0.39 is 44.1 Å². The number of aliphatic hydroxyl groups is 1. The van der Waals surface area contributed by atoms with Crippen molar-refractivity contribution in [3.63, 3.8) is 0 Å². The third-order valence-electron chi connectivity index (χ3n) is 7.21. The van der Waals surface area contributed by atoms with Gasteiger partial charge in [-0.1, -0.05) is 81.4 Å². The number of aliphatic hydroxyl groups excluding tert-OH is 1. The number of nitrogens with zero attached hydrogens (tertiary/aromatic N) is 1. The van der Waals surface area contributed by atoms with Crippen molar-refractivity contribution in [1.29, 1.82) is 0 Å². The number of benzene rings is 2. The van der Waals surface area contributed by atoms with Crippen molar-refractivity contribution in [3.05, 3.63) is 93.3 Å². The maximum atomic E-state index is 12.9. The molecule has 9 nitrogen and oxygen atoms in total. The Morgan fingerprint density at radius 2 is 1.56 bits per heavy atom. The summed E-state index contributed by atoms with van der Waals surface area (Å²) in [4.78, 5) is 27.3. The molecule has 0 amide bonds. The second-order valence-electron chi connectivity index (χ2n) is 10.8. The third-order valence-corrected chi connectivity index (χ3v) is 12.2. The molecule has 10 heteroatoms. The summed E-state index contributed by atoms with van der Waals surface area (Å²) in [5.74, 6) is 0. The van der Waals surface area contributed by atoms with Gasteiger partial charge in [0.05, 0.1) is 19.8 Å². The van der Waals surface area contributed by atoms with Crippen LogP contribution < -0.4 is 21.6 Å². The molecule has 0 saturated carbocycles. The van der Waals surface area contributed by atoms with Crippen LogP contribution in [0.15, 0.2) is 76.4 Å². The molecule has 1 aromatic heterocycles. The lowest BCUT2D eigenvalue weighted by Gasteiger charge is -2.46. The number of hydrogen-bond donors (Lipinski definition) is 2. The number of aromatic amines is 1. The molecule has 2 aromatic carbocycles. The Morgan fingerprint density at radius 1 is 0.974 bits per heavy atom. The summed E-state index contributed by atoms with van der Waals surface area (Å²) in [6, 6.07) is 20.3. The van der Waals surface area contributed by atoms with Crippen molar-refractivity contribution < 1.29 is 23.7 Å². The van der Waals surface area contributed by atoms with E-state index in [1.54, 1.807) is 14.0 Å². The van der Waals surface area contributed by atoms with Crippen molar-refractivity contribution in [1.82, 2.24) is 9.55 Å². The minimum atomic E-state index is -3.07. The average Bonchev–Trinajstić information content (AvgIpc) is 3.26. The second kappa shape index (κ2) is 12.1. The van der Waals surface area contributed by atoms with Gasteiger partial charge >= 0.3 is 5.69 Å². The number of aromatic nitrogens is 2. The largest absolute Gasteiger partial charge is 0.399 e. The Labute approximate surface area is 229 Å². The molecular formula is C29H38N2O7Si. The Bertz CT molecular complexity index is 1300. The molecule has 0 bridgehead atoms. The van der Waals surface area contributed by atoms with E-state index in [-0.39, 0.29) is 18.3 Å². The number of hydrogen-bond acceptors (Lipinski definition) is 7. The summed E-state index contributed by atoms with van der Waals surface area (Å²) in [6.07, 6.45) is -1.78. The summed E-state index contributed by atoms with van der Waals surface area (Å²) < 4.78 is 26.4. The van der Waals surface area contributed by atoms with E-state index in [4.69, 9.17) is 18.6 Å². The highest BCUT2D eigenvalue weighted by molar-refractivity contribution is 6.99. The number of rotatable bonds is 10. The lowest BCUT2D eigenvalue weighted by Crippen LogP contribution is -2.69. The Morgan fingerprint density at radius 3 is 2.08 bits per heavy atom. The van der Waals surface area contributed by atoms with Gasteiger partial charge < -0.3 is 23.7 Å². The van der Waals surface area contributed by atoms with E-state index in [1.807, 2.05) is 36.4 Å². The first-order valence-corrected chi connectivity index (χ1v) is 15.0. The van der Waals surface area contributed by atoms with Crippen LogP contribution in [0.25, 0.3) is 0 Å². The van der Waals surface area contributed by atoms with Crippen molar-refractivity contribution in [2.75, 3.05) is 26.9 Å². The number of ether oxygens (including phenoxy) is 3. The van der Waals surface area contributed by atoms with Crippen LogP contribution in [0, 0.1) is 6.92 Å². The molecule has 210 valence electrons. The van der Waals surface area contributed by atoms with Gasteiger partial charge in [-0.3, -0.25) is 14.3 Å². The molecule has 39 heavy (non-hydrogen) atoms. The number of methoxy groups -OCH3 is 1. The van der Waals surface area contributed by atoms with E-state index >= 15 is 0 Å². The summed E-state index contributed by atoms with van der Waals surface area (Å²) in [7, 11) is -1.50. The lowest BCUT2D eigenvalue weighted by atomic mass is 10.1. The van der Waals surface area contributed by atoms with Crippen molar-refractivity contribution in [3.8, 4) is 0 Å². The maximum Gasteiger partial charge on any atom is 0.330 e. The molecule has 2 N–H and O–H groups in total. The number of aryl methyl sites for hydroxylation is 1. The third kappa shape index (κ3) is 5.72. The smallest absolute Gasteiger partial charge is 0.330 e. The predicted molar refractivity (Wildman–Crippen MR) is 151 cm³/mol. The molecule has 0 radical (unpaired) electrons. The molecule has 0 spiro atoms. The van der Waals surface area contributed by atoms with Crippen LogP contribution in [-0.4, -0.2) is 68.2 Å². The summed E-state index contributed by atoms with van der Waals surface area (Å²) in [6.45, 7) is 8.30. The second-order valence-corrected chi connectivity index (χ2v) is 15.1. The van der Waals surface area contributed by atoms with Crippen molar-refractivity contribution >= 4 is 18.7 Å². The fourth-order valence-electron chi connectivity index (χ4n) is 5.34. The monoisotopic (exact) mass is 554 g/mol. The average molecular weight is 555 g/mol. The first-order valence-electron chi connectivity index (χ1n) is 13.1. The molecule has 2 unspecified atom stereocenters. The molecule has 0 aliphatic carbocycles. The van der Waals surface area contributed by atoms with Crippen molar-refractivity contribution in [2.24, 2.45) is 0 Å². The highest BCUT2D eigenvalue weighted by Gasteiger charge is 2.57. The topological polar surface area (TPSA) is 112 Å². The lowest BCUT2D eigenvalue weighted by molar-refractivity contribution is -0.0813. The first-order chi connectivity index (χ1) is 18.6. The fourth-order valence-corrected chi connectivity index (χ4v) is 10.0. The molecule has 4 rings (SSSR count). The van der Waals surface area contributed by atoms with E-state index in [9.17, 15) is 14.7 Å². The van der Waals surface area contributed by atoms with Gasteiger partial charge in [0.15, 0.2) is 6.23 Å². The highest BCUT2D eigenvalue weighted by atomic mass is 28.4. The van der Waals surface area contributed by atoms with Crippen LogP contribution in [0.2, 0.25) is 5.04 Å². The highest BCUT2D eigenvalue weighted by Crippen LogP contribution is 2.42. The van der Waals surface area contributed by atoms with E-state index in [2.05, 4.69) is 50.0 Å². The van der Waals surface area contributed by atoms with Gasteiger partial charge in [0, 0.05) is 18.9 Å². The SMILES string of the molecule is COCCO[C@H]1C(n2cc(C)c(=O)[nH]c2=O)OC(CO)[C@H]1O[Si](c1ccccc1)(c1ccccc1)C(C)(C)C. The van der Waals surface area contributed by atoms with Crippen LogP contribution in [-0.2, 0) is 18.6 Å². The van der Waals surface area contributed by atoms with E-state index in [0.29, 0.717) is 12.2 Å². The minimum absolute atomic E-state index is 0.219. The van der Waals surface area contributed by atoms with Gasteiger partial charge in [-0.25, -0.2) is 4.79 Å². The zero-order valence-corrected chi connectivity index (χ0v) is 24.1. The standard InChI is InChI=1S/C29H38N2O7Si/c1-20-18-31(28(34)30-26(20)33)27-25(36-17-16-35-5)24(23(19-32)37-27)38-39(29(2,3)4,21-12-8-6-9-13-21)22-14-10-7-11-15-22/h6-15,18,23-25,27,32H,16-17,19H2,1-5H3,(H,30,33,34)/t23?,24-,25-,27?/m1/s1. The van der Waals surface area contributed by atoms with Gasteiger partial charge in [0.2, 0.25) is 0 Å². The molecule has 4 atom stereocenters. The molecule has 1 fully saturated rings. The quantitative estimate of drug-likeness (QED) is 0.290. The van der Waals surface area contributed by atoms with Crippen LogP contribution in [0.1, 0.15) is 32.6 Å². The Balaban J connectivity index is 1.88. The maximum absolute atomic E-state index is 12.9. The zero-order valence-electron chi connectivity index (χ0n) is 23.1. The molecule has 1 aliphatic heterocycles. The molecule has 1 aliphatic rings. The fraction of sp³-hybridized carbons (Fsp3) is 0.448. The van der Waals surface area contributed by atoms with Gasteiger partial charge in [0.1, 0.15) is 18.3 Å². The number of H-pyrrole nitrogens is 1. The Hall–Kier alpha value is -2.86. The van der Waals surface area contributed by atoms with Crippen LogP contribution in [0.4, 0.5) is 0 Å². The minimum Gasteiger partial charge on any atom is -0.399 e. The van der Waals surface area contributed by atoms with Gasteiger partial charge in [-0.15, -0.1) is 0 Å². The first kappa shape index (κ1) is 29.1. The van der Waals surface area contributed by atoms with Crippen LogP contribution >= 0.6 is 0 Å². The molecule has 2 heterocycles. The predicted octanol–water partition coefficient (Wildman–Crippen LogP) is 1.71. The zero-order chi connectivity index (χ0) is 28.2. The van der Waals surface area contributed by atoms with Gasteiger partial charge in [-0.05, 0) is 22.3 Å². The van der Waals surface area contributed by atoms with Crippen LogP contribution in [0.5, 0.6) is 0 Å². The van der Waals surface area contributed by atoms with Gasteiger partial charge in [-0.2, -0.15) is 0 Å². The van der Waals surface area contributed by atoms with Crippen molar-refractivity contribution in [2.45, 2.75) is 57.3 Å². The van der Waals surface area contributed by atoms with Crippen LogP contribution in [0.3, 0.4) is 0 Å². The molecular weight excluding hydrogens is 516 g/mol. The summed E-state index contributed by atoms with van der Waals surface area (Å²) in [5.41, 5.74) is -0.741. The normalized spacial score (nSPS) is 21.8.